The number of rotatable bonds is 4. The van der Waals surface area contributed by atoms with Gasteiger partial charge in [0.25, 0.3) is 5.91 Å². The highest BCUT2D eigenvalue weighted by Gasteiger charge is 2.04. The van der Waals surface area contributed by atoms with E-state index >= 15 is 0 Å². The lowest BCUT2D eigenvalue weighted by atomic mass is 10.2. The topological polar surface area (TPSA) is 83.5 Å². The molecule has 2 aromatic rings. The Morgan fingerprint density at radius 3 is 2.38 bits per heavy atom. The van der Waals surface area contributed by atoms with Gasteiger partial charge in [-0.15, -0.1) is 0 Å². The number of nitrogens with zero attached hydrogens (tertiary/aromatic N) is 2. The van der Waals surface area contributed by atoms with Crippen LogP contribution in [0, 0.1) is 0 Å². The molecule has 0 unspecified atom stereocenters. The second-order valence-electron chi connectivity index (χ2n) is 4.24. The molecule has 6 heteroatoms. The molecular formula is C15H14N4O2. The average Bonchev–Trinajstić information content (AvgIpc) is 2.48. The maximum Gasteiger partial charge on any atom is 0.271 e. The first-order valence-corrected chi connectivity index (χ1v) is 6.26. The first-order chi connectivity index (χ1) is 10.1. The van der Waals surface area contributed by atoms with Gasteiger partial charge in [0, 0.05) is 30.6 Å². The summed E-state index contributed by atoms with van der Waals surface area (Å²) in [5.41, 5.74) is 4.36. The Labute approximate surface area is 121 Å². The number of carbonyl (C=O) groups is 2. The predicted octanol–water partition coefficient (Wildman–Crippen LogP) is 1.80. The van der Waals surface area contributed by atoms with Crippen molar-refractivity contribution in [3.63, 3.8) is 0 Å². The molecule has 0 radical (unpaired) electrons. The maximum atomic E-state index is 11.8. The van der Waals surface area contributed by atoms with Gasteiger partial charge in [0.2, 0.25) is 5.91 Å². The predicted molar refractivity (Wildman–Crippen MR) is 80.0 cm³/mol. The molecule has 0 aliphatic rings. The summed E-state index contributed by atoms with van der Waals surface area (Å²) in [4.78, 5) is 26.6. The summed E-state index contributed by atoms with van der Waals surface area (Å²) < 4.78 is 0. The minimum absolute atomic E-state index is 0.158. The largest absolute Gasteiger partial charge is 0.326 e. The van der Waals surface area contributed by atoms with E-state index in [1.807, 2.05) is 0 Å². The third-order valence-corrected chi connectivity index (χ3v) is 2.55. The van der Waals surface area contributed by atoms with E-state index in [-0.39, 0.29) is 11.8 Å². The number of pyridine rings is 1. The number of hydrogen-bond donors (Lipinski definition) is 2. The van der Waals surface area contributed by atoms with E-state index in [0.29, 0.717) is 11.3 Å². The van der Waals surface area contributed by atoms with Crippen LogP contribution in [0.15, 0.2) is 53.9 Å². The summed E-state index contributed by atoms with van der Waals surface area (Å²) in [7, 11) is 0. The molecule has 6 nitrogen and oxygen atoms in total. The van der Waals surface area contributed by atoms with Crippen LogP contribution < -0.4 is 10.7 Å². The van der Waals surface area contributed by atoms with Crippen molar-refractivity contribution in [3.8, 4) is 0 Å². The zero-order valence-corrected chi connectivity index (χ0v) is 11.4. The maximum absolute atomic E-state index is 11.8. The molecule has 2 N–H and O–H groups in total. The fourth-order valence-electron chi connectivity index (χ4n) is 1.59. The van der Waals surface area contributed by atoms with Crippen molar-refractivity contribution in [3.05, 3.63) is 59.9 Å². The molecule has 1 heterocycles. The van der Waals surface area contributed by atoms with Gasteiger partial charge in [0.1, 0.15) is 0 Å². The zero-order valence-electron chi connectivity index (χ0n) is 11.4. The summed E-state index contributed by atoms with van der Waals surface area (Å²) >= 11 is 0. The number of amides is 2. The summed E-state index contributed by atoms with van der Waals surface area (Å²) in [5.74, 6) is -0.483. The van der Waals surface area contributed by atoms with Crippen molar-refractivity contribution in [2.24, 2.45) is 5.10 Å². The Bertz CT molecular complexity index is 651. The molecule has 2 amide bonds. The van der Waals surface area contributed by atoms with Crippen LogP contribution in [-0.2, 0) is 4.79 Å². The fraction of sp³-hybridized carbons (Fsp3) is 0.0667. The van der Waals surface area contributed by atoms with Crippen molar-refractivity contribution in [1.29, 1.82) is 0 Å². The summed E-state index contributed by atoms with van der Waals surface area (Å²) in [5, 5.41) is 6.50. The standard InChI is InChI=1S/C15H14N4O2/c1-11(20)18-14-4-2-13(3-5-14)15(21)19-17-10-12-6-8-16-9-7-12/h2-10H,1H3,(H,18,20)(H,19,21)/b17-10-. The van der Waals surface area contributed by atoms with E-state index in [9.17, 15) is 9.59 Å². The first-order valence-electron chi connectivity index (χ1n) is 6.26. The van der Waals surface area contributed by atoms with Crippen LogP contribution in [0.2, 0.25) is 0 Å². The van der Waals surface area contributed by atoms with E-state index in [1.165, 1.54) is 13.1 Å². The molecular weight excluding hydrogens is 268 g/mol. The van der Waals surface area contributed by atoms with Gasteiger partial charge in [-0.25, -0.2) is 5.43 Å². The molecule has 1 aromatic heterocycles. The number of carbonyl (C=O) groups excluding carboxylic acids is 2. The molecule has 0 aliphatic heterocycles. The van der Waals surface area contributed by atoms with Gasteiger partial charge in [-0.1, -0.05) is 0 Å². The van der Waals surface area contributed by atoms with Crippen LogP contribution in [0.25, 0.3) is 0 Å². The molecule has 2 rings (SSSR count). The Morgan fingerprint density at radius 1 is 1.10 bits per heavy atom. The van der Waals surface area contributed by atoms with Gasteiger partial charge < -0.3 is 5.32 Å². The smallest absolute Gasteiger partial charge is 0.271 e. The molecule has 0 atom stereocenters. The third-order valence-electron chi connectivity index (χ3n) is 2.55. The second-order valence-corrected chi connectivity index (χ2v) is 4.24. The molecule has 0 saturated carbocycles. The van der Waals surface area contributed by atoms with E-state index in [1.54, 1.807) is 48.8 Å². The summed E-state index contributed by atoms with van der Waals surface area (Å²) in [6.45, 7) is 1.43. The molecule has 21 heavy (non-hydrogen) atoms. The molecule has 0 spiro atoms. The third kappa shape index (κ3) is 4.54. The number of hydrazone groups is 1. The lowest BCUT2D eigenvalue weighted by Crippen LogP contribution is -2.17. The van der Waals surface area contributed by atoms with Crippen molar-refractivity contribution in [2.75, 3.05) is 5.32 Å². The van der Waals surface area contributed by atoms with E-state index in [2.05, 4.69) is 20.8 Å². The monoisotopic (exact) mass is 282 g/mol. The fourth-order valence-corrected chi connectivity index (χ4v) is 1.59. The van der Waals surface area contributed by atoms with Crippen LogP contribution in [0.5, 0.6) is 0 Å². The number of benzene rings is 1. The number of aromatic nitrogens is 1. The summed E-state index contributed by atoms with van der Waals surface area (Å²) in [6, 6.07) is 10.1. The first kappa shape index (κ1) is 14.4. The normalized spacial score (nSPS) is 10.3. The molecule has 0 fully saturated rings. The number of nitrogens with one attached hydrogen (secondary N) is 2. The number of anilines is 1. The van der Waals surface area contributed by atoms with Gasteiger partial charge in [-0.3, -0.25) is 14.6 Å². The van der Waals surface area contributed by atoms with Crippen molar-refractivity contribution in [2.45, 2.75) is 6.92 Å². The van der Waals surface area contributed by atoms with E-state index in [4.69, 9.17) is 0 Å². The Kier molecular flexibility index (Phi) is 4.76. The van der Waals surface area contributed by atoms with Crippen molar-refractivity contribution < 1.29 is 9.59 Å². The van der Waals surface area contributed by atoms with Crippen LogP contribution in [0.1, 0.15) is 22.8 Å². The highest BCUT2D eigenvalue weighted by molar-refractivity contribution is 5.96. The van der Waals surface area contributed by atoms with Crippen LogP contribution >= 0.6 is 0 Å². The number of hydrogen-bond acceptors (Lipinski definition) is 4. The van der Waals surface area contributed by atoms with Gasteiger partial charge in [-0.2, -0.15) is 5.10 Å². The van der Waals surface area contributed by atoms with Gasteiger partial charge in [-0.05, 0) is 42.0 Å². The van der Waals surface area contributed by atoms with Crippen LogP contribution in [0.4, 0.5) is 5.69 Å². The minimum Gasteiger partial charge on any atom is -0.326 e. The summed E-state index contributed by atoms with van der Waals surface area (Å²) in [6.07, 6.45) is 4.82. The minimum atomic E-state index is -0.324. The highest BCUT2D eigenvalue weighted by atomic mass is 16.2. The molecule has 0 saturated heterocycles. The lowest BCUT2D eigenvalue weighted by Gasteiger charge is -2.03. The lowest BCUT2D eigenvalue weighted by molar-refractivity contribution is -0.114. The molecule has 0 aliphatic carbocycles. The molecule has 1 aromatic carbocycles. The Balaban J connectivity index is 1.94. The van der Waals surface area contributed by atoms with Crippen molar-refractivity contribution >= 4 is 23.7 Å². The van der Waals surface area contributed by atoms with Gasteiger partial charge >= 0.3 is 0 Å². The second kappa shape index (κ2) is 6.95. The zero-order chi connectivity index (χ0) is 15.1. The van der Waals surface area contributed by atoms with Crippen molar-refractivity contribution in [1.82, 2.24) is 10.4 Å². The quantitative estimate of drug-likeness (QED) is 0.662. The molecule has 106 valence electrons. The SMILES string of the molecule is CC(=O)Nc1ccc(C(=O)N/N=C\c2ccncc2)cc1. The Hall–Kier alpha value is -3.02. The average molecular weight is 282 g/mol. The van der Waals surface area contributed by atoms with Crippen LogP contribution in [-0.4, -0.2) is 23.0 Å². The molecule has 0 bridgehead atoms. The Morgan fingerprint density at radius 2 is 1.76 bits per heavy atom. The highest BCUT2D eigenvalue weighted by Crippen LogP contribution is 2.09. The van der Waals surface area contributed by atoms with Gasteiger partial charge in [0.15, 0.2) is 0 Å². The van der Waals surface area contributed by atoms with E-state index < -0.39 is 0 Å². The van der Waals surface area contributed by atoms with Crippen LogP contribution in [0.3, 0.4) is 0 Å². The van der Waals surface area contributed by atoms with E-state index in [0.717, 1.165) is 5.56 Å². The van der Waals surface area contributed by atoms with Gasteiger partial charge in [0.05, 0.1) is 6.21 Å².